The lowest BCUT2D eigenvalue weighted by Gasteiger charge is -2.42. The van der Waals surface area contributed by atoms with Crippen molar-refractivity contribution in [2.45, 2.75) is 44.8 Å². The predicted octanol–water partition coefficient (Wildman–Crippen LogP) is 1.96. The number of aromatic amines is 1. The Morgan fingerprint density at radius 3 is 2.71 bits per heavy atom. The molecule has 31 heavy (non-hydrogen) atoms. The van der Waals surface area contributed by atoms with Crippen LogP contribution in [0.5, 0.6) is 0 Å². The Morgan fingerprint density at radius 2 is 2.00 bits per heavy atom. The third kappa shape index (κ3) is 3.02. The standard InChI is InChI=1S/C22H30N8O/c1-14-13-31-9-8-28(14)20-10-18(29-16-4-5-17(29)12-27(3)11-16)21-15(2)26-30(22(21)24-20)19-6-7-23-25-19/h6-7,10,14,16-17H,4-5,8-9,11-13H2,1-3H3,(H,23,25). The molecule has 0 saturated carbocycles. The number of ether oxygens (including phenoxy) is 1. The van der Waals surface area contributed by atoms with Gasteiger partial charge in [0, 0.05) is 43.9 Å². The van der Waals surface area contributed by atoms with Crippen LogP contribution >= 0.6 is 0 Å². The minimum Gasteiger partial charge on any atom is -0.377 e. The van der Waals surface area contributed by atoms with Gasteiger partial charge in [0.25, 0.3) is 0 Å². The van der Waals surface area contributed by atoms with Crippen LogP contribution in [0.2, 0.25) is 0 Å². The van der Waals surface area contributed by atoms with Gasteiger partial charge in [-0.05, 0) is 33.7 Å². The summed E-state index contributed by atoms with van der Waals surface area (Å²) in [7, 11) is 2.24. The lowest BCUT2D eigenvalue weighted by Crippen LogP contribution is -2.52. The third-order valence-electron chi connectivity index (χ3n) is 7.10. The minimum absolute atomic E-state index is 0.292. The molecule has 3 aromatic rings. The van der Waals surface area contributed by atoms with E-state index in [2.05, 4.69) is 51.9 Å². The fourth-order valence-corrected chi connectivity index (χ4v) is 5.71. The number of hydrogen-bond acceptors (Lipinski definition) is 7. The second kappa shape index (κ2) is 7.20. The molecule has 6 rings (SSSR count). The molecule has 3 aliphatic rings. The summed E-state index contributed by atoms with van der Waals surface area (Å²) in [4.78, 5) is 12.7. The lowest BCUT2D eigenvalue weighted by molar-refractivity contribution is 0.0985. The summed E-state index contributed by atoms with van der Waals surface area (Å²) in [5.41, 5.74) is 3.18. The zero-order chi connectivity index (χ0) is 21.1. The number of nitrogens with one attached hydrogen (secondary N) is 1. The van der Waals surface area contributed by atoms with Crippen LogP contribution in [-0.4, -0.2) is 87.9 Å². The molecule has 3 fully saturated rings. The molecule has 1 N–H and O–H groups in total. The average molecular weight is 423 g/mol. The largest absolute Gasteiger partial charge is 0.377 e. The van der Waals surface area contributed by atoms with E-state index in [-0.39, 0.29) is 0 Å². The Hall–Kier alpha value is -2.65. The van der Waals surface area contributed by atoms with E-state index in [1.165, 1.54) is 18.5 Å². The van der Waals surface area contributed by atoms with E-state index in [9.17, 15) is 0 Å². The van der Waals surface area contributed by atoms with Gasteiger partial charge in [-0.1, -0.05) is 0 Å². The molecule has 0 amide bonds. The number of piperazine rings is 1. The molecule has 9 nitrogen and oxygen atoms in total. The molecule has 3 saturated heterocycles. The molecule has 3 aromatic heterocycles. The number of likely N-dealkylation sites (tertiary alicyclic amines) is 1. The van der Waals surface area contributed by atoms with Crippen molar-refractivity contribution in [2.75, 3.05) is 49.7 Å². The highest BCUT2D eigenvalue weighted by atomic mass is 16.5. The van der Waals surface area contributed by atoms with Crippen LogP contribution in [0.1, 0.15) is 25.5 Å². The van der Waals surface area contributed by atoms with E-state index in [0.717, 1.165) is 61.2 Å². The highest BCUT2D eigenvalue weighted by Crippen LogP contribution is 2.41. The summed E-state index contributed by atoms with van der Waals surface area (Å²) in [5.74, 6) is 1.85. The Morgan fingerprint density at radius 1 is 1.19 bits per heavy atom. The number of likely N-dealkylation sites (N-methyl/N-ethyl adjacent to an activating group) is 1. The summed E-state index contributed by atoms with van der Waals surface area (Å²) in [6.45, 7) is 8.84. The maximum atomic E-state index is 5.69. The fourth-order valence-electron chi connectivity index (χ4n) is 5.71. The van der Waals surface area contributed by atoms with Crippen LogP contribution in [-0.2, 0) is 4.74 Å². The van der Waals surface area contributed by atoms with Crippen molar-refractivity contribution in [3.63, 3.8) is 0 Å². The van der Waals surface area contributed by atoms with Gasteiger partial charge in [0.15, 0.2) is 11.5 Å². The monoisotopic (exact) mass is 422 g/mol. The molecule has 0 spiro atoms. The van der Waals surface area contributed by atoms with Gasteiger partial charge >= 0.3 is 0 Å². The average Bonchev–Trinajstić information content (AvgIpc) is 3.46. The van der Waals surface area contributed by atoms with Crippen molar-refractivity contribution in [1.29, 1.82) is 0 Å². The van der Waals surface area contributed by atoms with Gasteiger partial charge in [-0.2, -0.15) is 14.9 Å². The zero-order valence-corrected chi connectivity index (χ0v) is 18.5. The van der Waals surface area contributed by atoms with Crippen LogP contribution in [0.25, 0.3) is 16.9 Å². The number of pyridine rings is 1. The maximum absolute atomic E-state index is 5.69. The van der Waals surface area contributed by atoms with Gasteiger partial charge in [0.05, 0.1) is 42.2 Å². The van der Waals surface area contributed by atoms with E-state index in [4.69, 9.17) is 14.8 Å². The minimum atomic E-state index is 0.292. The predicted molar refractivity (Wildman–Crippen MR) is 120 cm³/mol. The number of H-pyrrole nitrogens is 1. The van der Waals surface area contributed by atoms with Gasteiger partial charge in [-0.3, -0.25) is 5.10 Å². The summed E-state index contributed by atoms with van der Waals surface area (Å²) in [5, 5.41) is 13.2. The molecule has 0 aliphatic carbocycles. The molecule has 0 radical (unpaired) electrons. The Balaban J connectivity index is 1.56. The van der Waals surface area contributed by atoms with Gasteiger partial charge in [0.1, 0.15) is 5.82 Å². The fraction of sp³-hybridized carbons (Fsp3) is 0.591. The maximum Gasteiger partial charge on any atom is 0.169 e. The molecule has 0 aromatic carbocycles. The SMILES string of the molecule is Cc1nn(-c2ccn[nH]2)c2nc(N3CCOCC3C)cc(N3C4CCC3CN(C)C4)c12. The molecule has 6 heterocycles. The first-order chi connectivity index (χ1) is 15.1. The molecule has 164 valence electrons. The highest BCUT2D eigenvalue weighted by Gasteiger charge is 2.40. The zero-order valence-electron chi connectivity index (χ0n) is 18.5. The number of morpholine rings is 1. The van der Waals surface area contributed by atoms with E-state index >= 15 is 0 Å². The first-order valence-corrected chi connectivity index (χ1v) is 11.3. The summed E-state index contributed by atoms with van der Waals surface area (Å²) in [6, 6.07) is 5.63. The van der Waals surface area contributed by atoms with E-state index < -0.39 is 0 Å². The smallest absolute Gasteiger partial charge is 0.169 e. The molecule has 3 unspecified atom stereocenters. The van der Waals surface area contributed by atoms with Crippen molar-refractivity contribution >= 4 is 22.5 Å². The summed E-state index contributed by atoms with van der Waals surface area (Å²) in [6.07, 6.45) is 4.25. The lowest BCUT2D eigenvalue weighted by atomic mass is 10.1. The van der Waals surface area contributed by atoms with Crippen LogP contribution in [0.15, 0.2) is 18.3 Å². The van der Waals surface area contributed by atoms with E-state index in [1.54, 1.807) is 6.20 Å². The molecule has 3 atom stereocenters. The van der Waals surface area contributed by atoms with E-state index in [0.29, 0.717) is 18.1 Å². The number of aromatic nitrogens is 5. The highest BCUT2D eigenvalue weighted by molar-refractivity contribution is 5.95. The Kier molecular flexibility index (Phi) is 4.43. The first-order valence-electron chi connectivity index (χ1n) is 11.3. The van der Waals surface area contributed by atoms with Crippen LogP contribution < -0.4 is 9.80 Å². The topological polar surface area (TPSA) is 78.3 Å². The summed E-state index contributed by atoms with van der Waals surface area (Å²) < 4.78 is 7.60. The van der Waals surface area contributed by atoms with Crippen molar-refractivity contribution in [3.8, 4) is 5.82 Å². The quantitative estimate of drug-likeness (QED) is 0.691. The van der Waals surface area contributed by atoms with Crippen molar-refractivity contribution in [1.82, 2.24) is 29.9 Å². The number of aryl methyl sites for hydroxylation is 1. The first kappa shape index (κ1) is 19.1. The molecular weight excluding hydrogens is 392 g/mol. The number of hydrogen-bond donors (Lipinski definition) is 1. The Labute approximate surface area is 182 Å². The molecular formula is C22H30N8O. The Bertz CT molecular complexity index is 1080. The van der Waals surface area contributed by atoms with Gasteiger partial charge in [-0.15, -0.1) is 0 Å². The number of rotatable bonds is 3. The molecule has 2 bridgehead atoms. The third-order valence-corrected chi connectivity index (χ3v) is 7.10. The van der Waals surface area contributed by atoms with Crippen molar-refractivity contribution in [2.24, 2.45) is 0 Å². The van der Waals surface area contributed by atoms with Gasteiger partial charge in [-0.25, -0.2) is 4.98 Å². The second-order valence-electron chi connectivity index (χ2n) is 9.27. The number of anilines is 2. The van der Waals surface area contributed by atoms with Gasteiger partial charge < -0.3 is 19.4 Å². The molecule has 3 aliphatic heterocycles. The van der Waals surface area contributed by atoms with Crippen molar-refractivity contribution in [3.05, 3.63) is 24.0 Å². The van der Waals surface area contributed by atoms with Crippen molar-refractivity contribution < 1.29 is 4.74 Å². The number of nitrogens with zero attached hydrogens (tertiary/aromatic N) is 7. The van der Waals surface area contributed by atoms with Crippen LogP contribution in [0, 0.1) is 6.92 Å². The van der Waals surface area contributed by atoms with Gasteiger partial charge in [0.2, 0.25) is 0 Å². The second-order valence-corrected chi connectivity index (χ2v) is 9.27. The summed E-state index contributed by atoms with van der Waals surface area (Å²) >= 11 is 0. The normalized spacial score (nSPS) is 26.9. The van der Waals surface area contributed by atoms with Crippen LogP contribution in [0.4, 0.5) is 11.5 Å². The van der Waals surface area contributed by atoms with E-state index in [1.807, 2.05) is 10.7 Å². The van der Waals surface area contributed by atoms with Crippen LogP contribution in [0.3, 0.4) is 0 Å². The number of fused-ring (bicyclic) bond motifs is 3. The molecule has 9 heteroatoms.